The molecule has 1 aliphatic rings. The first-order chi connectivity index (χ1) is 10.8. The highest BCUT2D eigenvalue weighted by atomic mass is 35.5. The number of H-pyrrole nitrogens is 1. The number of ether oxygens (including phenoxy) is 1. The largest absolute Gasteiger partial charge is 0.373 e. The van der Waals surface area contributed by atoms with Crippen LogP contribution in [0.25, 0.3) is 0 Å². The Hall–Kier alpha value is -2.10. The average Bonchev–Trinajstić information content (AvgIpc) is 3.08. The van der Waals surface area contributed by atoms with E-state index in [1.165, 1.54) is 6.20 Å². The Bertz CT molecular complexity index is 667. The number of aromatic nitrogens is 3. The normalized spacial score (nSPS) is 21.3. The molecule has 0 aliphatic carbocycles. The molecule has 0 amide bonds. The standard InChI is InChI=1S/C15H16ClN5O/c16-13-4-10(5-17)6-18-15(13)19-7-11-2-1-3-22-14(11)12-8-20-21-9-12/h4,6,8-9,11,14H,1-3,7H2,(H,18,19)(H,20,21)/t11-,14+/m0/s1. The predicted octanol–water partition coefficient (Wildman–Crippen LogP) is 2.91. The van der Waals surface area contributed by atoms with E-state index in [1.807, 2.05) is 12.3 Å². The number of pyridine rings is 1. The van der Waals surface area contributed by atoms with Gasteiger partial charge in [0, 0.05) is 37.0 Å². The van der Waals surface area contributed by atoms with E-state index in [2.05, 4.69) is 20.5 Å². The number of nitriles is 1. The molecule has 1 fully saturated rings. The van der Waals surface area contributed by atoms with E-state index in [-0.39, 0.29) is 6.10 Å². The molecule has 0 spiro atoms. The molecule has 0 saturated carbocycles. The molecule has 2 aromatic rings. The van der Waals surface area contributed by atoms with Crippen LogP contribution >= 0.6 is 11.6 Å². The number of anilines is 1. The molecule has 114 valence electrons. The van der Waals surface area contributed by atoms with Crippen molar-refractivity contribution in [2.24, 2.45) is 5.92 Å². The van der Waals surface area contributed by atoms with E-state index in [4.69, 9.17) is 21.6 Å². The first kappa shape index (κ1) is 14.8. The zero-order valence-corrected chi connectivity index (χ0v) is 12.7. The number of hydrogen-bond acceptors (Lipinski definition) is 5. The van der Waals surface area contributed by atoms with Crippen LogP contribution < -0.4 is 5.32 Å². The van der Waals surface area contributed by atoms with Gasteiger partial charge in [-0.1, -0.05) is 11.6 Å². The predicted molar refractivity (Wildman–Crippen MR) is 82.5 cm³/mol. The van der Waals surface area contributed by atoms with E-state index in [1.54, 1.807) is 12.3 Å². The van der Waals surface area contributed by atoms with Crippen LogP contribution in [0.1, 0.15) is 30.1 Å². The third-order valence-corrected chi connectivity index (χ3v) is 4.08. The summed E-state index contributed by atoms with van der Waals surface area (Å²) < 4.78 is 5.89. The Kier molecular flexibility index (Phi) is 4.56. The second-order valence-electron chi connectivity index (χ2n) is 5.27. The van der Waals surface area contributed by atoms with Crippen LogP contribution in [0.5, 0.6) is 0 Å². The zero-order valence-electron chi connectivity index (χ0n) is 11.9. The SMILES string of the molecule is N#Cc1cnc(NC[C@@H]2CCCO[C@H]2c2cn[nH]c2)c(Cl)c1. The van der Waals surface area contributed by atoms with Gasteiger partial charge in [0.05, 0.1) is 22.9 Å². The van der Waals surface area contributed by atoms with Gasteiger partial charge in [-0.05, 0) is 18.9 Å². The highest BCUT2D eigenvalue weighted by Gasteiger charge is 2.28. The molecule has 6 nitrogen and oxygen atoms in total. The lowest BCUT2D eigenvalue weighted by Gasteiger charge is -2.31. The molecule has 0 aromatic carbocycles. The minimum absolute atomic E-state index is 0.0251. The molecule has 2 N–H and O–H groups in total. The summed E-state index contributed by atoms with van der Waals surface area (Å²) in [6, 6.07) is 3.63. The van der Waals surface area contributed by atoms with Crippen molar-refractivity contribution in [1.29, 1.82) is 5.26 Å². The van der Waals surface area contributed by atoms with Gasteiger partial charge in [0.2, 0.25) is 0 Å². The molecule has 22 heavy (non-hydrogen) atoms. The first-order valence-corrected chi connectivity index (χ1v) is 7.55. The van der Waals surface area contributed by atoms with Crippen LogP contribution in [-0.4, -0.2) is 28.3 Å². The third kappa shape index (κ3) is 3.21. The highest BCUT2D eigenvalue weighted by Crippen LogP contribution is 2.33. The van der Waals surface area contributed by atoms with E-state index in [0.29, 0.717) is 28.9 Å². The van der Waals surface area contributed by atoms with Crippen molar-refractivity contribution in [2.45, 2.75) is 18.9 Å². The summed E-state index contributed by atoms with van der Waals surface area (Å²) >= 11 is 6.14. The van der Waals surface area contributed by atoms with Crippen molar-refractivity contribution in [3.05, 3.63) is 40.8 Å². The van der Waals surface area contributed by atoms with E-state index in [9.17, 15) is 0 Å². The summed E-state index contributed by atoms with van der Waals surface area (Å²) in [5, 5.41) is 19.4. The summed E-state index contributed by atoms with van der Waals surface area (Å²) in [5.74, 6) is 0.914. The Labute approximate surface area is 133 Å². The van der Waals surface area contributed by atoms with Crippen LogP contribution in [0.15, 0.2) is 24.7 Å². The molecule has 3 rings (SSSR count). The topological polar surface area (TPSA) is 86.6 Å². The van der Waals surface area contributed by atoms with Crippen molar-refractivity contribution in [3.8, 4) is 6.07 Å². The van der Waals surface area contributed by atoms with Gasteiger partial charge >= 0.3 is 0 Å². The van der Waals surface area contributed by atoms with Crippen LogP contribution in [-0.2, 0) is 4.74 Å². The molecule has 2 atom stereocenters. The van der Waals surface area contributed by atoms with Gasteiger partial charge in [-0.2, -0.15) is 10.4 Å². The molecular formula is C15H16ClN5O. The number of hydrogen-bond donors (Lipinski definition) is 2. The second kappa shape index (κ2) is 6.77. The fourth-order valence-corrected chi connectivity index (χ4v) is 2.93. The number of halogens is 1. The van der Waals surface area contributed by atoms with E-state index < -0.39 is 0 Å². The Morgan fingerprint density at radius 1 is 1.50 bits per heavy atom. The van der Waals surface area contributed by atoms with E-state index >= 15 is 0 Å². The summed E-state index contributed by atoms with van der Waals surface area (Å²) in [6.45, 7) is 1.47. The van der Waals surface area contributed by atoms with Crippen LogP contribution in [0.4, 0.5) is 5.82 Å². The number of aromatic amines is 1. The van der Waals surface area contributed by atoms with Crippen molar-refractivity contribution in [1.82, 2.24) is 15.2 Å². The number of rotatable bonds is 4. The lowest BCUT2D eigenvalue weighted by atomic mass is 9.91. The van der Waals surface area contributed by atoms with Gasteiger partial charge in [0.25, 0.3) is 0 Å². The minimum Gasteiger partial charge on any atom is -0.373 e. The van der Waals surface area contributed by atoms with Crippen LogP contribution in [0, 0.1) is 17.2 Å². The maximum atomic E-state index is 8.83. The van der Waals surface area contributed by atoms with E-state index in [0.717, 1.165) is 25.0 Å². The van der Waals surface area contributed by atoms with Gasteiger partial charge < -0.3 is 10.1 Å². The number of nitrogens with one attached hydrogen (secondary N) is 2. The monoisotopic (exact) mass is 317 g/mol. The van der Waals surface area contributed by atoms with Crippen LogP contribution in [0.2, 0.25) is 5.02 Å². The van der Waals surface area contributed by atoms with Gasteiger partial charge in [-0.3, -0.25) is 5.10 Å². The summed E-state index contributed by atoms with van der Waals surface area (Å²) in [6.07, 6.45) is 7.31. The molecule has 2 aromatic heterocycles. The fourth-order valence-electron chi connectivity index (χ4n) is 2.69. The van der Waals surface area contributed by atoms with Gasteiger partial charge in [0.15, 0.2) is 0 Å². The maximum Gasteiger partial charge on any atom is 0.144 e. The Morgan fingerprint density at radius 3 is 3.14 bits per heavy atom. The second-order valence-corrected chi connectivity index (χ2v) is 5.68. The molecule has 3 heterocycles. The van der Waals surface area contributed by atoms with Gasteiger partial charge in [-0.25, -0.2) is 4.98 Å². The summed E-state index contributed by atoms with van der Waals surface area (Å²) in [5.41, 5.74) is 1.51. The molecule has 1 saturated heterocycles. The molecule has 0 radical (unpaired) electrons. The highest BCUT2D eigenvalue weighted by molar-refractivity contribution is 6.33. The quantitative estimate of drug-likeness (QED) is 0.905. The van der Waals surface area contributed by atoms with Gasteiger partial charge in [0.1, 0.15) is 11.9 Å². The van der Waals surface area contributed by atoms with Gasteiger partial charge in [-0.15, -0.1) is 0 Å². The smallest absolute Gasteiger partial charge is 0.144 e. The molecule has 0 bridgehead atoms. The first-order valence-electron chi connectivity index (χ1n) is 7.17. The molecule has 7 heteroatoms. The van der Waals surface area contributed by atoms with Crippen molar-refractivity contribution in [3.63, 3.8) is 0 Å². The summed E-state index contributed by atoms with van der Waals surface area (Å²) in [4.78, 5) is 4.20. The average molecular weight is 318 g/mol. The lowest BCUT2D eigenvalue weighted by Crippen LogP contribution is -2.28. The van der Waals surface area contributed by atoms with Crippen molar-refractivity contribution in [2.75, 3.05) is 18.5 Å². The van der Waals surface area contributed by atoms with Crippen LogP contribution in [0.3, 0.4) is 0 Å². The lowest BCUT2D eigenvalue weighted by molar-refractivity contribution is -0.0238. The fraction of sp³-hybridized carbons (Fsp3) is 0.400. The maximum absolute atomic E-state index is 8.83. The third-order valence-electron chi connectivity index (χ3n) is 3.79. The molecule has 1 aliphatic heterocycles. The van der Waals surface area contributed by atoms with Crippen molar-refractivity contribution >= 4 is 17.4 Å². The molecular weight excluding hydrogens is 302 g/mol. The minimum atomic E-state index is 0.0251. The Balaban J connectivity index is 1.68. The zero-order chi connectivity index (χ0) is 15.4. The summed E-state index contributed by atoms with van der Waals surface area (Å²) in [7, 11) is 0. The van der Waals surface area contributed by atoms with Crippen molar-refractivity contribution < 1.29 is 4.74 Å². The molecule has 0 unspecified atom stereocenters. The Morgan fingerprint density at radius 2 is 2.41 bits per heavy atom. The number of nitrogens with zero attached hydrogens (tertiary/aromatic N) is 3.